The molecule has 20 heavy (non-hydrogen) atoms. The molecule has 0 aliphatic carbocycles. The van der Waals surface area contributed by atoms with E-state index in [1.54, 1.807) is 17.0 Å². The molecule has 3 N–H and O–H groups in total. The molecular formula is C15H20N2O3. The van der Waals surface area contributed by atoms with Gasteiger partial charge in [0.05, 0.1) is 12.3 Å². The molecule has 0 aromatic heterocycles. The first kappa shape index (κ1) is 14.4. The highest BCUT2D eigenvalue weighted by Crippen LogP contribution is 2.23. The SMILES string of the molecule is C[C@H]1CC[C@@H](C(=O)O)CN1C(=O)Cc1ccc(N)cc1. The Morgan fingerprint density at radius 3 is 2.55 bits per heavy atom. The zero-order valence-corrected chi connectivity index (χ0v) is 11.6. The molecule has 1 aliphatic heterocycles. The molecule has 1 saturated heterocycles. The fraction of sp³-hybridized carbons (Fsp3) is 0.467. The predicted octanol–water partition coefficient (Wildman–Crippen LogP) is 1.52. The minimum absolute atomic E-state index is 0.0202. The average molecular weight is 276 g/mol. The van der Waals surface area contributed by atoms with Gasteiger partial charge >= 0.3 is 5.97 Å². The first-order valence-corrected chi connectivity index (χ1v) is 6.84. The maximum absolute atomic E-state index is 12.3. The van der Waals surface area contributed by atoms with Crippen LogP contribution in [0.4, 0.5) is 5.69 Å². The van der Waals surface area contributed by atoms with E-state index in [1.807, 2.05) is 19.1 Å². The Balaban J connectivity index is 2.03. The van der Waals surface area contributed by atoms with E-state index in [2.05, 4.69) is 0 Å². The normalized spacial score (nSPS) is 22.6. The number of carbonyl (C=O) groups excluding carboxylic acids is 1. The molecule has 5 heteroatoms. The quantitative estimate of drug-likeness (QED) is 0.820. The van der Waals surface area contributed by atoms with Gasteiger partial charge in [-0.2, -0.15) is 0 Å². The van der Waals surface area contributed by atoms with E-state index in [-0.39, 0.29) is 18.4 Å². The Labute approximate surface area is 118 Å². The molecule has 1 heterocycles. The fourth-order valence-electron chi connectivity index (χ4n) is 2.57. The number of benzene rings is 1. The molecule has 108 valence electrons. The van der Waals surface area contributed by atoms with E-state index < -0.39 is 11.9 Å². The van der Waals surface area contributed by atoms with Gasteiger partial charge in [-0.15, -0.1) is 0 Å². The van der Waals surface area contributed by atoms with Crippen molar-refractivity contribution in [3.63, 3.8) is 0 Å². The van der Waals surface area contributed by atoms with Crippen molar-refractivity contribution < 1.29 is 14.7 Å². The molecule has 1 aromatic carbocycles. The standard InChI is InChI=1S/C15H20N2O3/c1-10-2-5-12(15(19)20)9-17(10)14(18)8-11-3-6-13(16)7-4-11/h3-4,6-7,10,12H,2,5,8-9,16H2,1H3,(H,19,20)/t10-,12+/m0/s1. The monoisotopic (exact) mass is 276 g/mol. The molecule has 1 aliphatic rings. The van der Waals surface area contributed by atoms with Crippen LogP contribution in [-0.2, 0) is 16.0 Å². The number of nitrogen functional groups attached to an aromatic ring is 1. The third kappa shape index (κ3) is 3.29. The summed E-state index contributed by atoms with van der Waals surface area (Å²) in [6.45, 7) is 2.28. The maximum Gasteiger partial charge on any atom is 0.308 e. The van der Waals surface area contributed by atoms with Crippen molar-refractivity contribution in [2.75, 3.05) is 12.3 Å². The van der Waals surface area contributed by atoms with E-state index in [0.29, 0.717) is 18.7 Å². The van der Waals surface area contributed by atoms with Crippen LogP contribution in [0.1, 0.15) is 25.3 Å². The predicted molar refractivity (Wildman–Crippen MR) is 76.1 cm³/mol. The van der Waals surface area contributed by atoms with Crippen LogP contribution in [0.25, 0.3) is 0 Å². The van der Waals surface area contributed by atoms with Gasteiger partial charge in [-0.05, 0) is 37.5 Å². The smallest absolute Gasteiger partial charge is 0.308 e. The average Bonchev–Trinajstić information content (AvgIpc) is 2.41. The second kappa shape index (κ2) is 5.94. The molecule has 0 radical (unpaired) electrons. The van der Waals surface area contributed by atoms with Gasteiger partial charge in [0.15, 0.2) is 0 Å². The number of nitrogens with zero attached hydrogens (tertiary/aromatic N) is 1. The Bertz CT molecular complexity index is 498. The Morgan fingerprint density at radius 1 is 1.30 bits per heavy atom. The first-order chi connectivity index (χ1) is 9.47. The van der Waals surface area contributed by atoms with E-state index in [0.717, 1.165) is 12.0 Å². The van der Waals surface area contributed by atoms with Gasteiger partial charge in [-0.25, -0.2) is 0 Å². The van der Waals surface area contributed by atoms with Crippen molar-refractivity contribution in [2.24, 2.45) is 5.92 Å². The van der Waals surface area contributed by atoms with Crippen molar-refractivity contribution in [1.82, 2.24) is 4.90 Å². The number of carboxylic acid groups (broad SMARTS) is 1. The summed E-state index contributed by atoms with van der Waals surface area (Å²) in [7, 11) is 0. The summed E-state index contributed by atoms with van der Waals surface area (Å²) in [6, 6.07) is 7.30. The van der Waals surface area contributed by atoms with Crippen LogP contribution in [0.2, 0.25) is 0 Å². The van der Waals surface area contributed by atoms with E-state index in [4.69, 9.17) is 10.8 Å². The molecule has 0 unspecified atom stereocenters. The lowest BCUT2D eigenvalue weighted by Crippen LogP contribution is -2.47. The number of piperidine rings is 1. The highest BCUT2D eigenvalue weighted by atomic mass is 16.4. The molecule has 0 bridgehead atoms. The highest BCUT2D eigenvalue weighted by Gasteiger charge is 2.32. The lowest BCUT2D eigenvalue weighted by Gasteiger charge is -2.36. The van der Waals surface area contributed by atoms with Crippen LogP contribution < -0.4 is 5.73 Å². The summed E-state index contributed by atoms with van der Waals surface area (Å²) in [5.41, 5.74) is 7.18. The molecule has 0 spiro atoms. The van der Waals surface area contributed by atoms with Crippen molar-refractivity contribution in [1.29, 1.82) is 0 Å². The van der Waals surface area contributed by atoms with Crippen LogP contribution >= 0.6 is 0 Å². The number of likely N-dealkylation sites (tertiary alicyclic amines) is 1. The van der Waals surface area contributed by atoms with Gasteiger partial charge < -0.3 is 15.7 Å². The lowest BCUT2D eigenvalue weighted by atomic mass is 9.93. The third-order valence-corrected chi connectivity index (χ3v) is 3.89. The Morgan fingerprint density at radius 2 is 1.95 bits per heavy atom. The molecule has 2 rings (SSSR count). The summed E-state index contributed by atoms with van der Waals surface area (Å²) in [5, 5.41) is 9.09. The van der Waals surface area contributed by atoms with E-state index >= 15 is 0 Å². The second-order valence-corrected chi connectivity index (χ2v) is 5.43. The van der Waals surface area contributed by atoms with Crippen LogP contribution in [0.3, 0.4) is 0 Å². The third-order valence-electron chi connectivity index (χ3n) is 3.89. The van der Waals surface area contributed by atoms with E-state index in [1.165, 1.54) is 0 Å². The molecule has 1 amide bonds. The first-order valence-electron chi connectivity index (χ1n) is 6.84. The van der Waals surface area contributed by atoms with Gasteiger partial charge in [0.1, 0.15) is 0 Å². The van der Waals surface area contributed by atoms with Crippen molar-refractivity contribution in [3.8, 4) is 0 Å². The molecular weight excluding hydrogens is 256 g/mol. The zero-order valence-electron chi connectivity index (χ0n) is 11.6. The minimum Gasteiger partial charge on any atom is -0.481 e. The number of carbonyl (C=O) groups is 2. The highest BCUT2D eigenvalue weighted by molar-refractivity contribution is 5.80. The van der Waals surface area contributed by atoms with Crippen LogP contribution in [0.15, 0.2) is 24.3 Å². The number of aliphatic carboxylic acids is 1. The molecule has 0 saturated carbocycles. The molecule has 5 nitrogen and oxygen atoms in total. The number of hydrogen-bond donors (Lipinski definition) is 2. The van der Waals surface area contributed by atoms with Crippen LogP contribution in [0.5, 0.6) is 0 Å². The van der Waals surface area contributed by atoms with Crippen molar-refractivity contribution in [2.45, 2.75) is 32.2 Å². The van der Waals surface area contributed by atoms with E-state index in [9.17, 15) is 9.59 Å². The fourth-order valence-corrected chi connectivity index (χ4v) is 2.57. The number of nitrogens with two attached hydrogens (primary N) is 1. The summed E-state index contributed by atoms with van der Waals surface area (Å²) < 4.78 is 0. The minimum atomic E-state index is -0.817. The zero-order chi connectivity index (χ0) is 14.7. The second-order valence-electron chi connectivity index (χ2n) is 5.43. The summed E-state index contributed by atoms with van der Waals surface area (Å²) in [6.07, 6.45) is 1.67. The topological polar surface area (TPSA) is 83.6 Å². The largest absolute Gasteiger partial charge is 0.481 e. The maximum atomic E-state index is 12.3. The van der Waals surface area contributed by atoms with Crippen LogP contribution in [-0.4, -0.2) is 34.5 Å². The van der Waals surface area contributed by atoms with Gasteiger partial charge in [0.2, 0.25) is 5.91 Å². The number of amides is 1. The molecule has 1 fully saturated rings. The lowest BCUT2D eigenvalue weighted by molar-refractivity contribution is -0.146. The summed E-state index contributed by atoms with van der Waals surface area (Å²) in [5.74, 6) is -1.28. The molecule has 1 aromatic rings. The summed E-state index contributed by atoms with van der Waals surface area (Å²) >= 11 is 0. The Hall–Kier alpha value is -2.04. The number of carboxylic acids is 1. The molecule has 2 atom stereocenters. The van der Waals surface area contributed by atoms with Crippen molar-refractivity contribution in [3.05, 3.63) is 29.8 Å². The van der Waals surface area contributed by atoms with Gasteiger partial charge in [0, 0.05) is 18.3 Å². The summed E-state index contributed by atoms with van der Waals surface area (Å²) in [4.78, 5) is 25.1. The number of anilines is 1. The van der Waals surface area contributed by atoms with Gasteiger partial charge in [0.25, 0.3) is 0 Å². The van der Waals surface area contributed by atoms with Crippen LogP contribution in [0, 0.1) is 5.92 Å². The van der Waals surface area contributed by atoms with Crippen molar-refractivity contribution >= 4 is 17.6 Å². The van der Waals surface area contributed by atoms with Gasteiger partial charge in [-0.1, -0.05) is 12.1 Å². The Kier molecular flexibility index (Phi) is 4.27. The number of rotatable bonds is 3. The number of hydrogen-bond acceptors (Lipinski definition) is 3. The van der Waals surface area contributed by atoms with Gasteiger partial charge in [-0.3, -0.25) is 9.59 Å².